The molecule has 0 bridgehead atoms. The average Bonchev–Trinajstić information content (AvgIpc) is 3.62. The summed E-state index contributed by atoms with van der Waals surface area (Å²) in [5.74, 6) is -0.558. The van der Waals surface area contributed by atoms with Gasteiger partial charge in [-0.1, -0.05) is 6.07 Å². The van der Waals surface area contributed by atoms with Crippen LogP contribution >= 0.6 is 0 Å². The van der Waals surface area contributed by atoms with E-state index in [1.54, 1.807) is 23.2 Å². The van der Waals surface area contributed by atoms with Crippen molar-refractivity contribution in [1.82, 2.24) is 24.6 Å². The minimum atomic E-state index is -0.966. The van der Waals surface area contributed by atoms with Crippen LogP contribution in [0.15, 0.2) is 61.1 Å². The number of benzene rings is 1. The van der Waals surface area contributed by atoms with Gasteiger partial charge >= 0.3 is 6.03 Å². The number of imidazole rings is 1. The number of pyridine rings is 2. The fourth-order valence-corrected chi connectivity index (χ4v) is 5.03. The van der Waals surface area contributed by atoms with Gasteiger partial charge in [-0.3, -0.25) is 14.9 Å². The Labute approximate surface area is 217 Å². The molecule has 0 fully saturated rings. The molecule has 6 rings (SSSR count). The van der Waals surface area contributed by atoms with Crippen LogP contribution in [0.4, 0.5) is 4.79 Å². The van der Waals surface area contributed by atoms with Gasteiger partial charge in [-0.15, -0.1) is 0 Å². The number of carbonyl (C=O) groups is 3. The van der Waals surface area contributed by atoms with Crippen LogP contribution in [0.2, 0.25) is 0 Å². The van der Waals surface area contributed by atoms with Crippen molar-refractivity contribution < 1.29 is 23.9 Å². The molecule has 192 valence electrons. The highest BCUT2D eigenvalue weighted by molar-refractivity contribution is 5.99. The lowest BCUT2D eigenvalue weighted by Gasteiger charge is -2.26. The van der Waals surface area contributed by atoms with E-state index < -0.39 is 24.0 Å². The van der Waals surface area contributed by atoms with E-state index in [0.717, 1.165) is 22.5 Å². The molecule has 2 aliphatic rings. The SMILES string of the molecule is COc1ccc2c(c1)C(=O)N(CC(C(=O)NC(N)=O)C1Cc3nc(-c4ccc5nccn5c4)ccc3O1)C2. The third-order valence-electron chi connectivity index (χ3n) is 6.93. The van der Waals surface area contributed by atoms with Gasteiger partial charge in [-0.05, 0) is 42.0 Å². The van der Waals surface area contributed by atoms with E-state index in [-0.39, 0.29) is 12.5 Å². The molecule has 5 heterocycles. The molecule has 38 heavy (non-hydrogen) atoms. The highest BCUT2D eigenvalue weighted by atomic mass is 16.5. The number of carbonyl (C=O) groups excluding carboxylic acids is 3. The molecule has 4 aromatic rings. The molecule has 11 nitrogen and oxygen atoms in total. The predicted octanol–water partition coefficient (Wildman–Crippen LogP) is 2.18. The minimum absolute atomic E-state index is 0.0394. The number of amides is 4. The average molecular weight is 513 g/mol. The van der Waals surface area contributed by atoms with Crippen LogP contribution < -0.4 is 20.5 Å². The van der Waals surface area contributed by atoms with E-state index in [4.69, 9.17) is 20.2 Å². The number of hydrogen-bond acceptors (Lipinski definition) is 7. The summed E-state index contributed by atoms with van der Waals surface area (Å²) < 4.78 is 13.3. The first-order chi connectivity index (χ1) is 18.4. The Morgan fingerprint density at radius 3 is 2.92 bits per heavy atom. The minimum Gasteiger partial charge on any atom is -0.497 e. The molecule has 3 aromatic heterocycles. The van der Waals surface area contributed by atoms with Crippen LogP contribution in [0.3, 0.4) is 0 Å². The van der Waals surface area contributed by atoms with Gasteiger partial charge in [0, 0.05) is 49.2 Å². The van der Waals surface area contributed by atoms with E-state index in [1.807, 2.05) is 47.1 Å². The molecule has 11 heteroatoms. The highest BCUT2D eigenvalue weighted by Crippen LogP contribution is 2.34. The topological polar surface area (TPSA) is 141 Å². The fourth-order valence-electron chi connectivity index (χ4n) is 5.03. The fraction of sp³-hybridized carbons (Fsp3) is 0.222. The number of fused-ring (bicyclic) bond motifs is 3. The van der Waals surface area contributed by atoms with Crippen molar-refractivity contribution in [2.45, 2.75) is 19.1 Å². The van der Waals surface area contributed by atoms with Crippen LogP contribution in [0, 0.1) is 5.92 Å². The van der Waals surface area contributed by atoms with Crippen LogP contribution in [0.1, 0.15) is 21.6 Å². The quantitative estimate of drug-likeness (QED) is 0.403. The number of nitrogens with two attached hydrogens (primary N) is 1. The number of primary amides is 1. The maximum atomic E-state index is 13.1. The van der Waals surface area contributed by atoms with Crippen LogP contribution in [-0.2, 0) is 17.8 Å². The standard InChI is InChI=1S/C27H24N6O5/c1-37-17-4-2-15-12-33(26(35)18(15)10-17)14-19(25(34)31-27(28)36)23-11-21-22(38-23)6-5-20(30-21)16-3-7-24-29-8-9-32(24)13-16/h2-10,13,19,23H,11-12,14H2,1H3,(H3,28,31,34,36). The number of urea groups is 1. The number of nitrogens with zero attached hydrogens (tertiary/aromatic N) is 4. The Bertz CT molecular complexity index is 1600. The van der Waals surface area contributed by atoms with Gasteiger partial charge < -0.3 is 24.5 Å². The molecule has 0 radical (unpaired) electrons. The van der Waals surface area contributed by atoms with E-state index in [9.17, 15) is 14.4 Å². The Kier molecular flexibility index (Phi) is 5.67. The van der Waals surface area contributed by atoms with E-state index in [0.29, 0.717) is 35.7 Å². The number of hydrogen-bond donors (Lipinski definition) is 2. The van der Waals surface area contributed by atoms with Gasteiger partial charge in [0.15, 0.2) is 0 Å². The lowest BCUT2D eigenvalue weighted by Crippen LogP contribution is -2.49. The first kappa shape index (κ1) is 23.5. The number of rotatable bonds is 6. The number of ether oxygens (including phenoxy) is 2. The van der Waals surface area contributed by atoms with Crippen molar-refractivity contribution in [3.8, 4) is 22.8 Å². The number of imide groups is 1. The van der Waals surface area contributed by atoms with Crippen molar-refractivity contribution in [1.29, 1.82) is 0 Å². The normalized spacial score (nSPS) is 16.6. The largest absolute Gasteiger partial charge is 0.497 e. The zero-order valence-electron chi connectivity index (χ0n) is 20.5. The summed E-state index contributed by atoms with van der Waals surface area (Å²) in [6, 6.07) is 11.9. The van der Waals surface area contributed by atoms with Gasteiger partial charge in [0.1, 0.15) is 23.3 Å². The first-order valence-corrected chi connectivity index (χ1v) is 12.1. The Hall–Kier alpha value is -4.93. The van der Waals surface area contributed by atoms with Gasteiger partial charge in [0.05, 0.1) is 24.4 Å². The highest BCUT2D eigenvalue weighted by Gasteiger charge is 2.40. The smallest absolute Gasteiger partial charge is 0.318 e. The van der Waals surface area contributed by atoms with Crippen molar-refractivity contribution >= 4 is 23.5 Å². The monoisotopic (exact) mass is 512 g/mol. The number of methoxy groups -OCH3 is 1. The van der Waals surface area contributed by atoms with Crippen molar-refractivity contribution in [3.05, 3.63) is 77.9 Å². The summed E-state index contributed by atoms with van der Waals surface area (Å²) in [7, 11) is 1.54. The zero-order chi connectivity index (χ0) is 26.4. The lowest BCUT2D eigenvalue weighted by molar-refractivity contribution is -0.127. The molecule has 2 unspecified atom stereocenters. The molecule has 0 saturated heterocycles. The molecule has 2 aliphatic heterocycles. The second-order valence-electron chi connectivity index (χ2n) is 9.28. The molecule has 0 aliphatic carbocycles. The van der Waals surface area contributed by atoms with E-state index >= 15 is 0 Å². The molecule has 2 atom stereocenters. The molecular formula is C27H24N6O5. The van der Waals surface area contributed by atoms with E-state index in [2.05, 4.69) is 10.3 Å². The maximum Gasteiger partial charge on any atom is 0.318 e. The number of nitrogens with one attached hydrogen (secondary N) is 1. The predicted molar refractivity (Wildman–Crippen MR) is 135 cm³/mol. The number of aromatic nitrogens is 3. The lowest BCUT2D eigenvalue weighted by atomic mass is 9.97. The van der Waals surface area contributed by atoms with Crippen LogP contribution in [0.5, 0.6) is 11.5 Å². The second-order valence-corrected chi connectivity index (χ2v) is 9.28. The van der Waals surface area contributed by atoms with E-state index in [1.165, 1.54) is 7.11 Å². The first-order valence-electron chi connectivity index (χ1n) is 12.1. The molecule has 0 saturated carbocycles. The molecule has 1 aromatic carbocycles. The maximum absolute atomic E-state index is 13.1. The summed E-state index contributed by atoms with van der Waals surface area (Å²) in [4.78, 5) is 48.3. The van der Waals surface area contributed by atoms with Crippen molar-refractivity contribution in [3.63, 3.8) is 0 Å². The van der Waals surface area contributed by atoms with Gasteiger partial charge in [0.2, 0.25) is 5.91 Å². The second kappa shape index (κ2) is 9.18. The van der Waals surface area contributed by atoms with Crippen molar-refractivity contribution in [2.75, 3.05) is 13.7 Å². The summed E-state index contributed by atoms with van der Waals surface area (Å²) in [5.41, 5.74) is 9.78. The molecular weight excluding hydrogens is 488 g/mol. The van der Waals surface area contributed by atoms with Gasteiger partial charge in [0.25, 0.3) is 5.91 Å². The van der Waals surface area contributed by atoms with Gasteiger partial charge in [-0.2, -0.15) is 0 Å². The summed E-state index contributed by atoms with van der Waals surface area (Å²) in [6.07, 6.45) is 5.22. The summed E-state index contributed by atoms with van der Waals surface area (Å²) in [6.45, 7) is 0.370. The third kappa shape index (κ3) is 4.17. The van der Waals surface area contributed by atoms with Crippen LogP contribution in [0.25, 0.3) is 16.9 Å². The van der Waals surface area contributed by atoms with Crippen LogP contribution in [-0.4, -0.2) is 56.9 Å². The molecule has 4 amide bonds. The third-order valence-corrected chi connectivity index (χ3v) is 6.93. The Morgan fingerprint density at radius 2 is 2.11 bits per heavy atom. The van der Waals surface area contributed by atoms with Gasteiger partial charge in [-0.25, -0.2) is 14.8 Å². The summed E-state index contributed by atoms with van der Waals surface area (Å²) >= 11 is 0. The molecule has 0 spiro atoms. The molecule has 3 N–H and O–H groups in total. The Morgan fingerprint density at radius 1 is 1.24 bits per heavy atom. The Balaban J connectivity index is 1.24. The van der Waals surface area contributed by atoms with Crippen molar-refractivity contribution in [2.24, 2.45) is 11.7 Å². The zero-order valence-corrected chi connectivity index (χ0v) is 20.5. The summed E-state index contributed by atoms with van der Waals surface area (Å²) in [5, 5.41) is 2.16.